The van der Waals surface area contributed by atoms with Crippen LogP contribution in [0.5, 0.6) is 5.75 Å². The highest BCUT2D eigenvalue weighted by Gasteiger charge is 2.18. The molecule has 0 saturated heterocycles. The highest BCUT2D eigenvalue weighted by atomic mass is 16.6. The van der Waals surface area contributed by atoms with Gasteiger partial charge in [0.1, 0.15) is 12.3 Å². The Morgan fingerprint density at radius 2 is 2.29 bits per heavy atom. The third-order valence-corrected chi connectivity index (χ3v) is 1.86. The molecule has 0 atom stereocenters. The van der Waals surface area contributed by atoms with Crippen molar-refractivity contribution in [2.24, 2.45) is 0 Å². The maximum atomic E-state index is 10.7. The average Bonchev–Trinajstić information content (AvgIpc) is 2.26. The van der Waals surface area contributed by atoms with Gasteiger partial charge in [0.25, 0.3) is 0 Å². The number of rotatable bonds is 5. The lowest BCUT2D eigenvalue weighted by Crippen LogP contribution is -2.10. The third-order valence-electron chi connectivity index (χ3n) is 1.86. The molecule has 0 radical (unpaired) electrons. The molecule has 7 heteroatoms. The van der Waals surface area contributed by atoms with Crippen LogP contribution in [0, 0.1) is 17.0 Å². The first-order chi connectivity index (χ1) is 7.91. The van der Waals surface area contributed by atoms with E-state index < -0.39 is 16.7 Å². The van der Waals surface area contributed by atoms with E-state index in [-0.39, 0.29) is 17.9 Å². The van der Waals surface area contributed by atoms with Gasteiger partial charge in [0.15, 0.2) is 0 Å². The van der Waals surface area contributed by atoms with Crippen molar-refractivity contribution in [1.29, 1.82) is 0 Å². The smallest absolute Gasteiger partial charge is 0.406 e. The molecular formula is C10H10N2O5. The van der Waals surface area contributed by atoms with Gasteiger partial charge in [-0.05, 0) is 22.0 Å². The molecule has 1 aromatic heterocycles. The molecule has 0 aliphatic carbocycles. The van der Waals surface area contributed by atoms with Crippen LogP contribution in [0.15, 0.2) is 24.3 Å². The molecule has 0 aromatic carbocycles. The first kappa shape index (κ1) is 12.6. The fourth-order valence-electron chi connectivity index (χ4n) is 1.00. The molecule has 90 valence electrons. The van der Waals surface area contributed by atoms with Crippen LogP contribution in [0.1, 0.15) is 5.69 Å². The molecule has 0 aliphatic heterocycles. The van der Waals surface area contributed by atoms with Crippen LogP contribution >= 0.6 is 0 Å². The summed E-state index contributed by atoms with van der Waals surface area (Å²) >= 11 is 0. The molecule has 1 heterocycles. The fourth-order valence-corrected chi connectivity index (χ4v) is 1.00. The van der Waals surface area contributed by atoms with Crippen molar-refractivity contribution in [3.8, 4) is 5.75 Å². The van der Waals surface area contributed by atoms with Crippen LogP contribution in [0.25, 0.3) is 0 Å². The predicted octanol–water partition coefficient (Wildman–Crippen LogP) is 1.32. The summed E-state index contributed by atoms with van der Waals surface area (Å²) in [6.45, 7) is 4.52. The molecule has 0 amide bonds. The number of aliphatic carboxylic acids is 1. The summed E-state index contributed by atoms with van der Waals surface area (Å²) in [5.74, 6) is -1.74. The van der Waals surface area contributed by atoms with Gasteiger partial charge in [0.05, 0.1) is 5.57 Å². The summed E-state index contributed by atoms with van der Waals surface area (Å²) in [5.41, 5.74) is 0.279. The lowest BCUT2D eigenvalue weighted by Gasteiger charge is -2.05. The summed E-state index contributed by atoms with van der Waals surface area (Å²) in [6, 6.07) is 2.90. The second-order valence-corrected chi connectivity index (χ2v) is 3.23. The quantitative estimate of drug-likeness (QED) is 0.471. The van der Waals surface area contributed by atoms with Gasteiger partial charge in [-0.3, -0.25) is 0 Å². The maximum Gasteiger partial charge on any atom is 0.406 e. The molecule has 0 spiro atoms. The maximum absolute atomic E-state index is 10.7. The molecule has 17 heavy (non-hydrogen) atoms. The Hall–Kier alpha value is -2.44. The minimum atomic E-state index is -1.22. The van der Waals surface area contributed by atoms with E-state index in [4.69, 9.17) is 9.84 Å². The van der Waals surface area contributed by atoms with Crippen molar-refractivity contribution < 1.29 is 19.6 Å². The van der Waals surface area contributed by atoms with Crippen LogP contribution in [0.4, 0.5) is 5.82 Å². The fraction of sp³-hybridized carbons (Fsp3) is 0.200. The van der Waals surface area contributed by atoms with Crippen molar-refractivity contribution in [2.75, 3.05) is 6.61 Å². The van der Waals surface area contributed by atoms with Crippen molar-refractivity contribution in [1.82, 2.24) is 4.98 Å². The Balaban J connectivity index is 2.87. The van der Waals surface area contributed by atoms with Gasteiger partial charge in [-0.15, -0.1) is 0 Å². The largest absolute Gasteiger partial charge is 0.481 e. The number of nitro groups is 1. The number of carboxylic acid groups (broad SMARTS) is 1. The van der Waals surface area contributed by atoms with Gasteiger partial charge in [-0.1, -0.05) is 6.58 Å². The molecule has 7 nitrogen and oxygen atoms in total. The average molecular weight is 238 g/mol. The highest BCUT2D eigenvalue weighted by Crippen LogP contribution is 2.24. The highest BCUT2D eigenvalue weighted by molar-refractivity contribution is 5.86. The summed E-state index contributed by atoms with van der Waals surface area (Å²) in [5, 5.41) is 19.2. The van der Waals surface area contributed by atoms with Crippen molar-refractivity contribution in [3.05, 3.63) is 40.1 Å². The number of carboxylic acids is 1. The van der Waals surface area contributed by atoms with E-state index in [1.807, 2.05) is 0 Å². The van der Waals surface area contributed by atoms with Crippen LogP contribution < -0.4 is 4.74 Å². The van der Waals surface area contributed by atoms with Gasteiger partial charge in [0.2, 0.25) is 5.75 Å². The number of hydrogen-bond donors (Lipinski definition) is 1. The summed E-state index contributed by atoms with van der Waals surface area (Å²) in [4.78, 5) is 24.1. The van der Waals surface area contributed by atoms with Crippen LogP contribution in [0.2, 0.25) is 0 Å². The number of aryl methyl sites for hydroxylation is 1. The first-order valence-electron chi connectivity index (χ1n) is 4.57. The van der Waals surface area contributed by atoms with Crippen LogP contribution in [-0.4, -0.2) is 27.6 Å². The van der Waals surface area contributed by atoms with Gasteiger partial charge in [-0.2, -0.15) is 0 Å². The predicted molar refractivity (Wildman–Crippen MR) is 57.9 cm³/mol. The number of nitrogens with zero attached hydrogens (tertiary/aromatic N) is 2. The Morgan fingerprint density at radius 3 is 2.82 bits per heavy atom. The molecule has 1 rings (SSSR count). The summed E-state index contributed by atoms with van der Waals surface area (Å²) in [7, 11) is 0. The standard InChI is InChI=1S/C10H10N2O5/c1-6(10(13)14)5-17-8-4-3-7(2)11-9(8)12(15)16/h3-4H,1,5H2,2H3,(H,13,14). The van der Waals surface area contributed by atoms with Crippen molar-refractivity contribution in [2.45, 2.75) is 6.92 Å². The molecule has 0 fully saturated rings. The Kier molecular flexibility index (Phi) is 3.76. The molecule has 0 bridgehead atoms. The SMILES string of the molecule is C=C(COc1ccc(C)nc1[N+](=O)[O-])C(=O)O. The summed E-state index contributed by atoms with van der Waals surface area (Å²) in [6.07, 6.45) is 0. The zero-order chi connectivity index (χ0) is 13.0. The minimum absolute atomic E-state index is 0.0806. The Bertz CT molecular complexity index is 484. The van der Waals surface area contributed by atoms with E-state index in [9.17, 15) is 14.9 Å². The van der Waals surface area contributed by atoms with Crippen molar-refractivity contribution in [3.63, 3.8) is 0 Å². The van der Waals surface area contributed by atoms with E-state index in [2.05, 4.69) is 11.6 Å². The monoisotopic (exact) mass is 238 g/mol. The minimum Gasteiger partial charge on any atom is -0.481 e. The van der Waals surface area contributed by atoms with E-state index in [0.29, 0.717) is 5.69 Å². The van der Waals surface area contributed by atoms with Gasteiger partial charge >= 0.3 is 11.8 Å². The number of pyridine rings is 1. The second-order valence-electron chi connectivity index (χ2n) is 3.23. The number of hydrogen-bond acceptors (Lipinski definition) is 5. The number of ether oxygens (including phenoxy) is 1. The molecule has 0 saturated carbocycles. The lowest BCUT2D eigenvalue weighted by molar-refractivity contribution is -0.390. The number of carbonyl (C=O) groups is 1. The van der Waals surface area contributed by atoms with E-state index in [1.165, 1.54) is 12.1 Å². The van der Waals surface area contributed by atoms with E-state index in [1.54, 1.807) is 6.92 Å². The zero-order valence-electron chi connectivity index (χ0n) is 9.04. The van der Waals surface area contributed by atoms with Crippen LogP contribution in [-0.2, 0) is 4.79 Å². The van der Waals surface area contributed by atoms with E-state index in [0.717, 1.165) is 0 Å². The van der Waals surface area contributed by atoms with E-state index >= 15 is 0 Å². The van der Waals surface area contributed by atoms with Gasteiger partial charge < -0.3 is 20.0 Å². The van der Waals surface area contributed by atoms with Gasteiger partial charge in [0, 0.05) is 6.92 Å². The topological polar surface area (TPSA) is 103 Å². The zero-order valence-corrected chi connectivity index (χ0v) is 9.04. The Morgan fingerprint density at radius 1 is 1.65 bits per heavy atom. The molecular weight excluding hydrogens is 228 g/mol. The third kappa shape index (κ3) is 3.26. The summed E-state index contributed by atoms with van der Waals surface area (Å²) < 4.78 is 4.99. The van der Waals surface area contributed by atoms with Crippen molar-refractivity contribution >= 4 is 11.8 Å². The Labute approximate surface area is 96.5 Å². The molecule has 1 N–H and O–H groups in total. The normalized spacial score (nSPS) is 9.71. The lowest BCUT2D eigenvalue weighted by atomic mass is 10.3. The van der Waals surface area contributed by atoms with Crippen LogP contribution in [0.3, 0.4) is 0 Å². The second kappa shape index (κ2) is 5.06. The molecule has 0 aliphatic rings. The molecule has 0 unspecified atom stereocenters. The number of aromatic nitrogens is 1. The van der Waals surface area contributed by atoms with Gasteiger partial charge in [-0.25, -0.2) is 4.79 Å². The molecule has 1 aromatic rings. The first-order valence-corrected chi connectivity index (χ1v) is 4.57.